The Balaban J connectivity index is 1.80. The average molecular weight is 203 g/mol. The third-order valence-corrected chi connectivity index (χ3v) is 3.43. The highest BCUT2D eigenvalue weighted by Gasteiger charge is 2.36. The third-order valence-electron chi connectivity index (χ3n) is 3.43. The van der Waals surface area contributed by atoms with Crippen LogP contribution < -0.4 is 16.0 Å². The van der Waals surface area contributed by atoms with Crippen LogP contribution in [0.25, 0.3) is 0 Å². The Morgan fingerprint density at radius 1 is 1.33 bits per heavy atom. The summed E-state index contributed by atoms with van der Waals surface area (Å²) < 4.78 is 0. The van der Waals surface area contributed by atoms with Crippen molar-refractivity contribution in [2.75, 3.05) is 18.0 Å². The van der Waals surface area contributed by atoms with Gasteiger partial charge in [-0.25, -0.2) is 0 Å². The predicted molar refractivity (Wildman–Crippen MR) is 61.9 cm³/mol. The summed E-state index contributed by atoms with van der Waals surface area (Å²) in [5, 5.41) is 3.54. The number of nitrogens with one attached hydrogen (secondary N) is 1. The normalized spacial score (nSPS) is 28.7. The molecule has 0 saturated carbocycles. The second-order valence-electron chi connectivity index (χ2n) is 4.58. The van der Waals surface area contributed by atoms with Crippen molar-refractivity contribution in [2.24, 2.45) is 5.73 Å². The van der Waals surface area contributed by atoms with Gasteiger partial charge in [-0.2, -0.15) is 0 Å². The number of piperidine rings is 1. The van der Waals surface area contributed by atoms with Gasteiger partial charge >= 0.3 is 0 Å². The Labute approximate surface area is 90.3 Å². The van der Waals surface area contributed by atoms with Crippen LogP contribution in [-0.2, 0) is 6.54 Å². The minimum Gasteiger partial charge on any atom is -0.368 e. The summed E-state index contributed by atoms with van der Waals surface area (Å²) in [5.41, 5.74) is 8.20. The van der Waals surface area contributed by atoms with E-state index in [-0.39, 0.29) is 0 Å². The molecule has 1 aromatic carbocycles. The molecule has 0 aromatic heterocycles. The molecule has 3 aliphatic heterocycles. The largest absolute Gasteiger partial charge is 0.368 e. The van der Waals surface area contributed by atoms with E-state index >= 15 is 0 Å². The van der Waals surface area contributed by atoms with Crippen LogP contribution in [0.5, 0.6) is 0 Å². The Kier molecular flexibility index (Phi) is 2.15. The number of piperazine rings is 1. The molecule has 0 amide bonds. The lowest BCUT2D eigenvalue weighted by atomic mass is 9.91. The fourth-order valence-corrected chi connectivity index (χ4v) is 2.60. The standard InChI is InChI=1S/C12H17N3/c13-6-9-2-1-3-12(4-9)15-7-10-5-11(8-15)14-10/h1-4,10-11,14H,5-8,13H2. The molecule has 1 aromatic rings. The highest BCUT2D eigenvalue weighted by Crippen LogP contribution is 2.26. The van der Waals surface area contributed by atoms with E-state index in [0.717, 1.165) is 13.1 Å². The van der Waals surface area contributed by atoms with Gasteiger partial charge in [0.05, 0.1) is 0 Å². The van der Waals surface area contributed by atoms with E-state index in [4.69, 9.17) is 5.73 Å². The van der Waals surface area contributed by atoms with Crippen LogP contribution >= 0.6 is 0 Å². The lowest BCUT2D eigenvalue weighted by Crippen LogP contribution is -2.67. The van der Waals surface area contributed by atoms with Gasteiger partial charge in [0.1, 0.15) is 0 Å². The molecule has 3 heteroatoms. The van der Waals surface area contributed by atoms with E-state index in [1.54, 1.807) is 0 Å². The zero-order valence-corrected chi connectivity index (χ0v) is 8.82. The Bertz CT molecular complexity index is 348. The first-order valence-corrected chi connectivity index (χ1v) is 5.65. The molecule has 2 bridgehead atoms. The Morgan fingerprint density at radius 2 is 2.07 bits per heavy atom. The molecule has 0 aliphatic carbocycles. The van der Waals surface area contributed by atoms with Crippen LogP contribution in [0, 0.1) is 0 Å². The fraction of sp³-hybridized carbons (Fsp3) is 0.500. The third kappa shape index (κ3) is 1.62. The van der Waals surface area contributed by atoms with Gasteiger partial charge in [0.25, 0.3) is 0 Å². The molecule has 3 fully saturated rings. The van der Waals surface area contributed by atoms with Crippen molar-refractivity contribution in [1.29, 1.82) is 0 Å². The molecule has 80 valence electrons. The zero-order valence-electron chi connectivity index (χ0n) is 8.82. The lowest BCUT2D eigenvalue weighted by molar-refractivity contribution is 0.226. The topological polar surface area (TPSA) is 41.3 Å². The van der Waals surface area contributed by atoms with Gasteiger partial charge in [-0.3, -0.25) is 0 Å². The number of rotatable bonds is 2. The molecule has 2 unspecified atom stereocenters. The maximum Gasteiger partial charge on any atom is 0.0370 e. The summed E-state index contributed by atoms with van der Waals surface area (Å²) in [5.74, 6) is 0. The van der Waals surface area contributed by atoms with E-state index in [0.29, 0.717) is 18.6 Å². The van der Waals surface area contributed by atoms with Gasteiger partial charge in [0.2, 0.25) is 0 Å². The minimum absolute atomic E-state index is 0.632. The molecule has 3 heterocycles. The molecule has 0 spiro atoms. The van der Waals surface area contributed by atoms with Crippen LogP contribution in [0.2, 0.25) is 0 Å². The molecule has 15 heavy (non-hydrogen) atoms. The van der Waals surface area contributed by atoms with Crippen LogP contribution in [0.15, 0.2) is 24.3 Å². The highest BCUT2D eigenvalue weighted by molar-refractivity contribution is 5.50. The summed E-state index contributed by atoms with van der Waals surface area (Å²) in [6, 6.07) is 10.0. The summed E-state index contributed by atoms with van der Waals surface area (Å²) in [6.45, 7) is 2.92. The molecule has 3 aliphatic rings. The van der Waals surface area contributed by atoms with E-state index in [1.807, 2.05) is 0 Å². The zero-order chi connectivity index (χ0) is 10.3. The summed E-state index contributed by atoms with van der Waals surface area (Å²) in [4.78, 5) is 2.47. The lowest BCUT2D eigenvalue weighted by Gasteiger charge is -2.49. The van der Waals surface area contributed by atoms with Crippen LogP contribution in [0.4, 0.5) is 5.69 Å². The molecular weight excluding hydrogens is 186 g/mol. The molecule has 2 atom stereocenters. The number of nitrogens with zero attached hydrogens (tertiary/aromatic N) is 1. The number of nitrogens with two attached hydrogens (primary N) is 1. The minimum atomic E-state index is 0.632. The van der Waals surface area contributed by atoms with Crippen LogP contribution in [0.3, 0.4) is 0 Å². The molecule has 4 rings (SSSR count). The number of hydrogen-bond acceptors (Lipinski definition) is 3. The molecule has 0 radical (unpaired) electrons. The number of fused-ring (bicyclic) bond motifs is 2. The number of anilines is 1. The molecular formula is C12H17N3. The van der Waals surface area contributed by atoms with Crippen LogP contribution in [-0.4, -0.2) is 25.2 Å². The van der Waals surface area contributed by atoms with Gasteiger partial charge in [-0.1, -0.05) is 12.1 Å². The van der Waals surface area contributed by atoms with Crippen LogP contribution in [0.1, 0.15) is 12.0 Å². The second kappa shape index (κ2) is 3.51. The molecule has 3 N–H and O–H groups in total. The van der Waals surface area contributed by atoms with Crippen molar-refractivity contribution in [3.63, 3.8) is 0 Å². The highest BCUT2D eigenvalue weighted by atomic mass is 15.3. The average Bonchev–Trinajstić information content (AvgIpc) is 2.28. The second-order valence-corrected chi connectivity index (χ2v) is 4.58. The maximum absolute atomic E-state index is 5.65. The van der Waals surface area contributed by atoms with E-state index in [9.17, 15) is 0 Å². The van der Waals surface area contributed by atoms with E-state index < -0.39 is 0 Å². The SMILES string of the molecule is NCc1cccc(N2CC3CC(C2)N3)c1. The molecule has 3 nitrogen and oxygen atoms in total. The Hall–Kier alpha value is -1.06. The van der Waals surface area contributed by atoms with E-state index in [2.05, 4.69) is 34.5 Å². The van der Waals surface area contributed by atoms with Gasteiger partial charge in [-0.15, -0.1) is 0 Å². The first-order chi connectivity index (χ1) is 7.35. The first kappa shape index (κ1) is 9.19. The first-order valence-electron chi connectivity index (χ1n) is 5.65. The summed E-state index contributed by atoms with van der Waals surface area (Å²) in [7, 11) is 0. The monoisotopic (exact) mass is 203 g/mol. The van der Waals surface area contributed by atoms with Crippen molar-refractivity contribution in [3.8, 4) is 0 Å². The van der Waals surface area contributed by atoms with Crippen molar-refractivity contribution < 1.29 is 0 Å². The van der Waals surface area contributed by atoms with Crippen molar-refractivity contribution in [3.05, 3.63) is 29.8 Å². The summed E-state index contributed by atoms with van der Waals surface area (Å²) in [6.07, 6.45) is 1.35. The van der Waals surface area contributed by atoms with Gasteiger partial charge in [0, 0.05) is 37.4 Å². The van der Waals surface area contributed by atoms with E-state index in [1.165, 1.54) is 17.7 Å². The van der Waals surface area contributed by atoms with Crippen molar-refractivity contribution >= 4 is 5.69 Å². The maximum atomic E-state index is 5.65. The number of benzene rings is 1. The quantitative estimate of drug-likeness (QED) is 0.743. The smallest absolute Gasteiger partial charge is 0.0370 e. The van der Waals surface area contributed by atoms with Gasteiger partial charge < -0.3 is 16.0 Å². The van der Waals surface area contributed by atoms with Gasteiger partial charge in [0.15, 0.2) is 0 Å². The Morgan fingerprint density at radius 3 is 2.73 bits per heavy atom. The fourth-order valence-electron chi connectivity index (χ4n) is 2.60. The number of hydrogen-bond donors (Lipinski definition) is 2. The summed E-state index contributed by atoms with van der Waals surface area (Å²) >= 11 is 0. The van der Waals surface area contributed by atoms with Crippen molar-refractivity contribution in [1.82, 2.24) is 5.32 Å². The molecule has 3 saturated heterocycles. The predicted octanol–water partition coefficient (Wildman–Crippen LogP) is 0.696. The van der Waals surface area contributed by atoms with Gasteiger partial charge in [-0.05, 0) is 24.1 Å². The van der Waals surface area contributed by atoms with Crippen molar-refractivity contribution in [2.45, 2.75) is 25.0 Å².